The molecular weight excluding hydrogens is 348 g/mol. The Morgan fingerprint density at radius 3 is 2.50 bits per heavy atom. The van der Waals surface area contributed by atoms with Crippen molar-refractivity contribution in [3.05, 3.63) is 83.0 Å². The average Bonchev–Trinajstić information content (AvgIpc) is 2.68. The number of fused-ring (bicyclic) bond motifs is 1. The highest BCUT2D eigenvalue weighted by Gasteiger charge is 2.13. The summed E-state index contributed by atoms with van der Waals surface area (Å²) in [5.74, 6) is 0. The molecule has 4 aromatic rings. The molecule has 5 nitrogen and oxygen atoms in total. The molecule has 0 fully saturated rings. The topological polar surface area (TPSA) is 84.7 Å². The van der Waals surface area contributed by atoms with Crippen LogP contribution in [0.3, 0.4) is 0 Å². The molecule has 0 saturated carbocycles. The molecule has 0 amide bonds. The third kappa shape index (κ3) is 3.22. The number of aromatic amines is 1. The van der Waals surface area contributed by atoms with Gasteiger partial charge in [0, 0.05) is 30.1 Å². The van der Waals surface area contributed by atoms with Gasteiger partial charge in [0.2, 0.25) is 0 Å². The van der Waals surface area contributed by atoms with E-state index in [2.05, 4.69) is 9.97 Å². The fraction of sp³-hybridized carbons (Fsp3) is 0.0500. The Morgan fingerprint density at radius 2 is 1.81 bits per heavy atom. The number of nitrogens with zero attached hydrogens (tertiary/aromatic N) is 2. The molecule has 1 aromatic carbocycles. The Labute approximate surface area is 156 Å². The zero-order valence-corrected chi connectivity index (χ0v) is 14.7. The van der Waals surface area contributed by atoms with Crippen LogP contribution in [-0.4, -0.2) is 15.0 Å². The molecule has 3 N–H and O–H groups in total. The first kappa shape index (κ1) is 17.8. The normalized spacial score (nSPS) is 10.5. The van der Waals surface area contributed by atoms with Gasteiger partial charge in [0.05, 0.1) is 22.3 Å². The van der Waals surface area contributed by atoms with Crippen LogP contribution in [-0.2, 0) is 6.54 Å². The van der Waals surface area contributed by atoms with Gasteiger partial charge in [-0.2, -0.15) is 0 Å². The Balaban J connectivity index is 0.00000196. The number of H-pyrrole nitrogens is 1. The molecule has 130 valence electrons. The van der Waals surface area contributed by atoms with E-state index in [0.717, 1.165) is 28.1 Å². The van der Waals surface area contributed by atoms with Crippen LogP contribution in [0.15, 0.2) is 71.8 Å². The first-order chi connectivity index (χ1) is 12.3. The van der Waals surface area contributed by atoms with Crippen molar-refractivity contribution in [3.63, 3.8) is 0 Å². The van der Waals surface area contributed by atoms with Crippen LogP contribution >= 0.6 is 12.4 Å². The number of hydrogen-bond donors (Lipinski definition) is 2. The zero-order chi connectivity index (χ0) is 17.2. The number of aromatic nitrogens is 3. The molecule has 0 unspecified atom stereocenters. The Hall–Kier alpha value is -3.02. The molecule has 3 aromatic heterocycles. The van der Waals surface area contributed by atoms with Crippen molar-refractivity contribution < 1.29 is 0 Å². The maximum absolute atomic E-state index is 12.2. The van der Waals surface area contributed by atoms with Gasteiger partial charge in [0.25, 0.3) is 5.56 Å². The van der Waals surface area contributed by atoms with Crippen molar-refractivity contribution in [1.29, 1.82) is 0 Å². The predicted molar refractivity (Wildman–Crippen MR) is 106 cm³/mol. The summed E-state index contributed by atoms with van der Waals surface area (Å²) in [6, 6.07) is 17.5. The van der Waals surface area contributed by atoms with Gasteiger partial charge in [-0.3, -0.25) is 9.78 Å². The fourth-order valence-corrected chi connectivity index (χ4v) is 2.85. The molecule has 0 bridgehead atoms. The molecule has 26 heavy (non-hydrogen) atoms. The van der Waals surface area contributed by atoms with Crippen LogP contribution < -0.4 is 11.3 Å². The van der Waals surface area contributed by atoms with Gasteiger partial charge in [-0.05, 0) is 29.8 Å². The number of halogens is 1. The summed E-state index contributed by atoms with van der Waals surface area (Å²) < 4.78 is 0. The van der Waals surface area contributed by atoms with Gasteiger partial charge >= 0.3 is 0 Å². The molecule has 4 rings (SSSR count). The second-order valence-electron chi connectivity index (χ2n) is 5.73. The van der Waals surface area contributed by atoms with E-state index in [0.29, 0.717) is 17.4 Å². The van der Waals surface area contributed by atoms with Crippen molar-refractivity contribution in [3.8, 4) is 22.4 Å². The van der Waals surface area contributed by atoms with E-state index in [9.17, 15) is 4.79 Å². The van der Waals surface area contributed by atoms with E-state index in [1.165, 1.54) is 0 Å². The van der Waals surface area contributed by atoms with Gasteiger partial charge in [-0.15, -0.1) is 12.4 Å². The van der Waals surface area contributed by atoms with E-state index in [1.807, 2.05) is 48.5 Å². The molecule has 3 heterocycles. The standard InChI is InChI=1S/C20H16N4O.ClH/c21-11-15-7-6-14(12-23-15)19-16(13-4-2-1-3-5-13)10-17-18(24-19)8-9-22-20(17)25;/h1-10,12H,11,21H2,(H,22,25);1H. The van der Waals surface area contributed by atoms with Crippen LogP contribution in [0.1, 0.15) is 5.69 Å². The summed E-state index contributed by atoms with van der Waals surface area (Å²) in [6.45, 7) is 0.395. The van der Waals surface area contributed by atoms with Crippen LogP contribution in [0.4, 0.5) is 0 Å². The number of benzene rings is 1. The van der Waals surface area contributed by atoms with E-state index >= 15 is 0 Å². The first-order valence-corrected chi connectivity index (χ1v) is 7.99. The summed E-state index contributed by atoms with van der Waals surface area (Å²) in [7, 11) is 0. The van der Waals surface area contributed by atoms with Crippen molar-refractivity contribution in [1.82, 2.24) is 15.0 Å². The van der Waals surface area contributed by atoms with Crippen LogP contribution in [0.2, 0.25) is 0 Å². The summed E-state index contributed by atoms with van der Waals surface area (Å²) in [6.07, 6.45) is 3.38. The van der Waals surface area contributed by atoms with E-state index in [4.69, 9.17) is 10.7 Å². The van der Waals surface area contributed by atoms with Gasteiger partial charge in [0.15, 0.2) is 0 Å². The second-order valence-corrected chi connectivity index (χ2v) is 5.73. The van der Waals surface area contributed by atoms with E-state index in [1.54, 1.807) is 18.5 Å². The fourth-order valence-electron chi connectivity index (χ4n) is 2.85. The quantitative estimate of drug-likeness (QED) is 0.582. The highest BCUT2D eigenvalue weighted by Crippen LogP contribution is 2.32. The molecule has 0 aliphatic rings. The van der Waals surface area contributed by atoms with Crippen LogP contribution in [0.5, 0.6) is 0 Å². The molecule has 0 spiro atoms. The minimum Gasteiger partial charge on any atom is -0.328 e. The second kappa shape index (κ2) is 7.47. The maximum atomic E-state index is 12.2. The third-order valence-electron chi connectivity index (χ3n) is 4.14. The molecule has 0 atom stereocenters. The average molecular weight is 365 g/mol. The van der Waals surface area contributed by atoms with Gasteiger partial charge in [-0.1, -0.05) is 30.3 Å². The maximum Gasteiger partial charge on any atom is 0.257 e. The first-order valence-electron chi connectivity index (χ1n) is 7.99. The van der Waals surface area contributed by atoms with E-state index < -0.39 is 0 Å². The van der Waals surface area contributed by atoms with Crippen molar-refractivity contribution >= 4 is 23.3 Å². The van der Waals surface area contributed by atoms with Crippen LogP contribution in [0.25, 0.3) is 33.3 Å². The third-order valence-corrected chi connectivity index (χ3v) is 4.14. The highest BCUT2D eigenvalue weighted by molar-refractivity contribution is 5.90. The van der Waals surface area contributed by atoms with Crippen LogP contribution in [0, 0.1) is 0 Å². The molecule has 0 aliphatic heterocycles. The zero-order valence-electron chi connectivity index (χ0n) is 13.8. The Morgan fingerprint density at radius 1 is 1.00 bits per heavy atom. The number of pyridine rings is 3. The molecular formula is C20H17ClN4O. The minimum atomic E-state index is -0.148. The largest absolute Gasteiger partial charge is 0.328 e. The highest BCUT2D eigenvalue weighted by atomic mass is 35.5. The van der Waals surface area contributed by atoms with E-state index in [-0.39, 0.29) is 18.0 Å². The van der Waals surface area contributed by atoms with Gasteiger partial charge < -0.3 is 10.7 Å². The lowest BCUT2D eigenvalue weighted by atomic mass is 9.98. The van der Waals surface area contributed by atoms with Crippen molar-refractivity contribution in [2.24, 2.45) is 5.73 Å². The lowest BCUT2D eigenvalue weighted by molar-refractivity contribution is 0.991. The number of nitrogens with one attached hydrogen (secondary N) is 1. The lowest BCUT2D eigenvalue weighted by Crippen LogP contribution is -2.06. The number of rotatable bonds is 3. The molecule has 0 saturated heterocycles. The molecule has 0 aliphatic carbocycles. The number of hydrogen-bond acceptors (Lipinski definition) is 4. The molecule has 0 radical (unpaired) electrons. The summed E-state index contributed by atoms with van der Waals surface area (Å²) in [5, 5.41) is 0.566. The SMILES string of the molecule is Cl.NCc1ccc(-c2nc3cc[nH]c(=O)c3cc2-c2ccccc2)cn1. The summed E-state index contributed by atoms with van der Waals surface area (Å²) in [5.41, 5.74) is 10.5. The van der Waals surface area contributed by atoms with Gasteiger partial charge in [0.1, 0.15) is 0 Å². The van der Waals surface area contributed by atoms with Crippen molar-refractivity contribution in [2.75, 3.05) is 0 Å². The smallest absolute Gasteiger partial charge is 0.257 e. The monoisotopic (exact) mass is 364 g/mol. The Bertz CT molecular complexity index is 1090. The molecule has 6 heteroatoms. The predicted octanol–water partition coefficient (Wildman–Crippen LogP) is 3.53. The lowest BCUT2D eigenvalue weighted by Gasteiger charge is -2.11. The summed E-state index contributed by atoms with van der Waals surface area (Å²) >= 11 is 0. The minimum absolute atomic E-state index is 0. The summed E-state index contributed by atoms with van der Waals surface area (Å²) in [4.78, 5) is 24.0. The number of nitrogens with two attached hydrogens (primary N) is 1. The van der Waals surface area contributed by atoms with Gasteiger partial charge in [-0.25, -0.2) is 4.98 Å². The van der Waals surface area contributed by atoms with Crippen molar-refractivity contribution in [2.45, 2.75) is 6.54 Å². The Kier molecular flexibility index (Phi) is 5.11.